The first-order valence-corrected chi connectivity index (χ1v) is 11.2. The molecular formula is C23H23N3O2S. The molecule has 0 radical (unpaired) electrons. The van der Waals surface area contributed by atoms with Crippen molar-refractivity contribution >= 4 is 26.7 Å². The van der Waals surface area contributed by atoms with Crippen molar-refractivity contribution in [3.63, 3.8) is 0 Å². The van der Waals surface area contributed by atoms with Gasteiger partial charge in [-0.3, -0.25) is 4.72 Å². The quantitative estimate of drug-likeness (QED) is 0.467. The van der Waals surface area contributed by atoms with E-state index >= 15 is 0 Å². The van der Waals surface area contributed by atoms with E-state index < -0.39 is 10.0 Å². The predicted molar refractivity (Wildman–Crippen MR) is 117 cm³/mol. The lowest BCUT2D eigenvalue weighted by Gasteiger charge is -2.10. The van der Waals surface area contributed by atoms with Gasteiger partial charge in [-0.05, 0) is 60.4 Å². The highest BCUT2D eigenvalue weighted by Gasteiger charge is 2.14. The number of anilines is 1. The van der Waals surface area contributed by atoms with Crippen molar-refractivity contribution in [3.8, 4) is 0 Å². The van der Waals surface area contributed by atoms with Crippen molar-refractivity contribution in [2.45, 2.75) is 31.1 Å². The van der Waals surface area contributed by atoms with Crippen LogP contribution >= 0.6 is 0 Å². The van der Waals surface area contributed by atoms with E-state index in [0.717, 1.165) is 47.2 Å². The number of hydrogen-bond donors (Lipinski definition) is 2. The Bertz CT molecular complexity index is 1200. The van der Waals surface area contributed by atoms with Gasteiger partial charge in [-0.1, -0.05) is 43.3 Å². The molecule has 6 heteroatoms. The number of rotatable bonds is 7. The molecule has 0 bridgehead atoms. The van der Waals surface area contributed by atoms with Gasteiger partial charge in [-0.25, -0.2) is 13.4 Å². The Kier molecular flexibility index (Phi) is 5.36. The van der Waals surface area contributed by atoms with Gasteiger partial charge in [-0.2, -0.15) is 0 Å². The van der Waals surface area contributed by atoms with Gasteiger partial charge in [0.05, 0.1) is 15.9 Å². The van der Waals surface area contributed by atoms with E-state index in [1.54, 1.807) is 18.2 Å². The lowest BCUT2D eigenvalue weighted by molar-refractivity contribution is 0.601. The minimum atomic E-state index is -3.61. The number of sulfonamides is 1. The highest BCUT2D eigenvalue weighted by Crippen LogP contribution is 2.19. The second-order valence-corrected chi connectivity index (χ2v) is 8.69. The Labute approximate surface area is 170 Å². The van der Waals surface area contributed by atoms with E-state index in [9.17, 15) is 8.42 Å². The number of aryl methyl sites for hydroxylation is 3. The molecule has 4 aromatic rings. The van der Waals surface area contributed by atoms with Crippen molar-refractivity contribution < 1.29 is 8.42 Å². The number of para-hydroxylation sites is 2. The summed E-state index contributed by atoms with van der Waals surface area (Å²) in [5.74, 6) is 0.924. The third kappa shape index (κ3) is 4.49. The summed E-state index contributed by atoms with van der Waals surface area (Å²) in [5, 5.41) is 0. The largest absolute Gasteiger partial charge is 0.342 e. The van der Waals surface area contributed by atoms with Crippen LogP contribution in [0.15, 0.2) is 77.7 Å². The molecule has 0 aliphatic carbocycles. The van der Waals surface area contributed by atoms with Crippen LogP contribution < -0.4 is 4.72 Å². The summed E-state index contributed by atoms with van der Waals surface area (Å²) in [6, 6.07) is 22.4. The van der Waals surface area contributed by atoms with Gasteiger partial charge in [0.2, 0.25) is 0 Å². The molecule has 3 aromatic carbocycles. The highest BCUT2D eigenvalue weighted by atomic mass is 32.2. The molecule has 4 rings (SSSR count). The summed E-state index contributed by atoms with van der Waals surface area (Å²) in [4.78, 5) is 8.19. The van der Waals surface area contributed by atoms with Gasteiger partial charge in [-0.15, -0.1) is 0 Å². The van der Waals surface area contributed by atoms with Crippen LogP contribution in [0.5, 0.6) is 0 Å². The zero-order valence-corrected chi connectivity index (χ0v) is 17.0. The van der Waals surface area contributed by atoms with Crippen LogP contribution in [0.4, 0.5) is 5.69 Å². The SMILES string of the molecule is CCc1ccc(S(=O)(=O)Nc2cccc(CCc3nc4ccccc4[nH]3)c2)cc1. The zero-order valence-electron chi connectivity index (χ0n) is 16.2. The number of aromatic amines is 1. The number of nitrogens with one attached hydrogen (secondary N) is 2. The molecule has 29 heavy (non-hydrogen) atoms. The van der Waals surface area contributed by atoms with Gasteiger partial charge in [0, 0.05) is 12.1 Å². The Morgan fingerprint density at radius 1 is 0.897 bits per heavy atom. The fourth-order valence-electron chi connectivity index (χ4n) is 3.30. The molecular weight excluding hydrogens is 382 g/mol. The number of fused-ring (bicyclic) bond motifs is 1. The molecule has 0 unspecified atom stereocenters. The van der Waals surface area contributed by atoms with E-state index in [1.807, 2.05) is 61.5 Å². The Morgan fingerprint density at radius 2 is 1.69 bits per heavy atom. The van der Waals surface area contributed by atoms with E-state index in [2.05, 4.69) is 14.7 Å². The van der Waals surface area contributed by atoms with Gasteiger partial charge in [0.1, 0.15) is 5.82 Å². The second kappa shape index (κ2) is 8.09. The minimum absolute atomic E-state index is 0.266. The normalized spacial score (nSPS) is 11.6. The van der Waals surface area contributed by atoms with Gasteiger partial charge in [0.25, 0.3) is 10.0 Å². The maximum atomic E-state index is 12.7. The number of aromatic nitrogens is 2. The fourth-order valence-corrected chi connectivity index (χ4v) is 4.34. The van der Waals surface area contributed by atoms with E-state index in [4.69, 9.17) is 0 Å². The van der Waals surface area contributed by atoms with Crippen LogP contribution in [0.2, 0.25) is 0 Å². The lowest BCUT2D eigenvalue weighted by atomic mass is 10.1. The van der Waals surface area contributed by atoms with E-state index in [0.29, 0.717) is 5.69 Å². The Hall–Kier alpha value is -3.12. The van der Waals surface area contributed by atoms with Crippen LogP contribution in [0.3, 0.4) is 0 Å². The first kappa shape index (κ1) is 19.2. The summed E-state index contributed by atoms with van der Waals surface area (Å²) >= 11 is 0. The summed E-state index contributed by atoms with van der Waals surface area (Å²) in [5.41, 5.74) is 4.70. The number of hydrogen-bond acceptors (Lipinski definition) is 3. The summed E-state index contributed by atoms with van der Waals surface area (Å²) in [6.45, 7) is 2.04. The molecule has 1 heterocycles. The molecule has 5 nitrogen and oxygen atoms in total. The minimum Gasteiger partial charge on any atom is -0.342 e. The maximum absolute atomic E-state index is 12.7. The van der Waals surface area contributed by atoms with Gasteiger partial charge >= 0.3 is 0 Å². The average molecular weight is 406 g/mol. The average Bonchev–Trinajstić information content (AvgIpc) is 3.15. The highest BCUT2D eigenvalue weighted by molar-refractivity contribution is 7.92. The smallest absolute Gasteiger partial charge is 0.261 e. The van der Waals surface area contributed by atoms with Crippen molar-refractivity contribution in [1.29, 1.82) is 0 Å². The van der Waals surface area contributed by atoms with Crippen LogP contribution in [0.25, 0.3) is 11.0 Å². The molecule has 1 aromatic heterocycles. The number of H-pyrrole nitrogens is 1. The predicted octanol–water partition coefficient (Wildman–Crippen LogP) is 4.71. The zero-order chi connectivity index (χ0) is 20.3. The molecule has 2 N–H and O–H groups in total. The number of imidazole rings is 1. The molecule has 0 saturated heterocycles. The first-order valence-electron chi connectivity index (χ1n) is 9.68. The molecule has 0 aliphatic rings. The summed E-state index contributed by atoms with van der Waals surface area (Å²) < 4.78 is 28.0. The Balaban J connectivity index is 1.46. The molecule has 0 spiro atoms. The molecule has 0 amide bonds. The summed E-state index contributed by atoms with van der Waals surface area (Å²) in [7, 11) is -3.61. The van der Waals surface area contributed by atoms with Crippen molar-refractivity contribution in [2.24, 2.45) is 0 Å². The first-order chi connectivity index (χ1) is 14.0. The van der Waals surface area contributed by atoms with Crippen molar-refractivity contribution in [1.82, 2.24) is 9.97 Å². The molecule has 148 valence electrons. The van der Waals surface area contributed by atoms with Gasteiger partial charge < -0.3 is 4.98 Å². The van der Waals surface area contributed by atoms with Crippen molar-refractivity contribution in [3.05, 3.63) is 89.7 Å². The third-order valence-corrected chi connectivity index (χ3v) is 6.31. The molecule has 0 fully saturated rings. The molecule has 0 atom stereocenters. The third-order valence-electron chi connectivity index (χ3n) is 4.91. The molecule has 0 saturated carbocycles. The Morgan fingerprint density at radius 3 is 2.45 bits per heavy atom. The fraction of sp³-hybridized carbons (Fsp3) is 0.174. The topological polar surface area (TPSA) is 74.8 Å². The lowest BCUT2D eigenvalue weighted by Crippen LogP contribution is -2.13. The van der Waals surface area contributed by atoms with E-state index in [-0.39, 0.29) is 4.90 Å². The van der Waals surface area contributed by atoms with Crippen LogP contribution in [-0.2, 0) is 29.3 Å². The van der Waals surface area contributed by atoms with Crippen molar-refractivity contribution in [2.75, 3.05) is 4.72 Å². The monoisotopic (exact) mass is 405 g/mol. The number of benzene rings is 3. The second-order valence-electron chi connectivity index (χ2n) is 7.00. The van der Waals surface area contributed by atoms with Crippen LogP contribution in [0.1, 0.15) is 23.9 Å². The maximum Gasteiger partial charge on any atom is 0.261 e. The number of nitrogens with zero attached hydrogens (tertiary/aromatic N) is 1. The molecule has 0 aliphatic heterocycles. The summed E-state index contributed by atoms with van der Waals surface area (Å²) in [6.07, 6.45) is 2.39. The standard InChI is InChI=1S/C23H23N3O2S/c1-2-17-10-13-20(14-11-17)29(27,28)26-19-7-5-6-18(16-19)12-15-23-24-21-8-3-4-9-22(21)25-23/h3-11,13-14,16,26H,2,12,15H2,1H3,(H,24,25). The van der Waals surface area contributed by atoms with Crippen LogP contribution in [-0.4, -0.2) is 18.4 Å². The van der Waals surface area contributed by atoms with E-state index in [1.165, 1.54) is 0 Å². The van der Waals surface area contributed by atoms with Gasteiger partial charge in [0.15, 0.2) is 0 Å². The van der Waals surface area contributed by atoms with Crippen LogP contribution in [0, 0.1) is 0 Å².